The van der Waals surface area contributed by atoms with Gasteiger partial charge in [0.15, 0.2) is 5.76 Å². The minimum absolute atomic E-state index is 0.107. The molecule has 0 N–H and O–H groups in total. The summed E-state index contributed by atoms with van der Waals surface area (Å²) in [5.41, 5.74) is 3.48. The van der Waals surface area contributed by atoms with Crippen molar-refractivity contribution in [3.05, 3.63) is 119 Å². The molecule has 1 unspecified atom stereocenters. The summed E-state index contributed by atoms with van der Waals surface area (Å²) in [7, 11) is 1.58. The smallest absolute Gasteiger partial charge is 0.312 e. The summed E-state index contributed by atoms with van der Waals surface area (Å²) in [6.45, 7) is 0.317. The van der Waals surface area contributed by atoms with E-state index < -0.39 is 0 Å². The molecule has 2 aliphatic rings. The number of hydrogen-bond donors (Lipinski definition) is 0. The van der Waals surface area contributed by atoms with E-state index in [1.165, 1.54) is 0 Å². The van der Waals surface area contributed by atoms with Crippen molar-refractivity contribution >= 4 is 17.8 Å². The van der Waals surface area contributed by atoms with E-state index in [9.17, 15) is 9.59 Å². The van der Waals surface area contributed by atoms with Gasteiger partial charge in [-0.2, -0.15) is 0 Å². The van der Waals surface area contributed by atoms with E-state index in [1.54, 1.807) is 31.5 Å². The fraction of sp³-hybridized carbons (Fsp3) is 0.129. The number of ketones is 1. The molecule has 7 heteroatoms. The molecule has 0 aliphatic carbocycles. The number of carbonyl (C=O) groups excluding carboxylic acids is 2. The number of allylic oxidation sites excluding steroid dienone is 1. The first-order valence-electron chi connectivity index (χ1n) is 12.2. The number of para-hydroxylation sites is 1. The summed E-state index contributed by atoms with van der Waals surface area (Å²) in [5, 5.41) is 0. The average Bonchev–Trinajstić information content (AvgIpc) is 3.27. The molecule has 0 bridgehead atoms. The molecular weight excluding hydrogens is 482 g/mol. The number of fused-ring (bicyclic) bond motifs is 3. The molecule has 7 nitrogen and oxygen atoms in total. The molecule has 1 aromatic heterocycles. The predicted molar refractivity (Wildman–Crippen MR) is 139 cm³/mol. The predicted octanol–water partition coefficient (Wildman–Crippen LogP) is 5.73. The molecule has 0 fully saturated rings. The second-order valence-electron chi connectivity index (χ2n) is 8.95. The molecule has 3 heterocycles. The normalized spacial score (nSPS) is 16.9. The van der Waals surface area contributed by atoms with Gasteiger partial charge in [0.05, 0.1) is 24.8 Å². The van der Waals surface area contributed by atoms with E-state index in [0.717, 1.165) is 16.8 Å². The molecule has 38 heavy (non-hydrogen) atoms. The standard InChI is InChI=1S/C31H23NO6/c1-35-25-11-3-2-7-20(25)16-27-30(34)23-12-13-26-29(31(23)38-27)24(17-28(33)37-26)19-8-6-10-22(15-19)36-18-21-9-4-5-14-32-21/h2-16,24H,17-18H2,1H3/b27-16-. The van der Waals surface area contributed by atoms with Crippen LogP contribution >= 0.6 is 0 Å². The van der Waals surface area contributed by atoms with Crippen LogP contribution in [-0.2, 0) is 11.4 Å². The Balaban J connectivity index is 1.36. The maximum atomic E-state index is 13.3. The Kier molecular flexibility index (Phi) is 6.09. The summed E-state index contributed by atoms with van der Waals surface area (Å²) in [6.07, 6.45) is 3.50. The number of pyridine rings is 1. The highest BCUT2D eigenvalue weighted by Gasteiger charge is 2.38. The minimum Gasteiger partial charge on any atom is -0.496 e. The van der Waals surface area contributed by atoms with Gasteiger partial charge in [-0.05, 0) is 54.1 Å². The van der Waals surface area contributed by atoms with Crippen molar-refractivity contribution in [2.24, 2.45) is 0 Å². The third-order valence-corrected chi connectivity index (χ3v) is 6.58. The Morgan fingerprint density at radius 2 is 1.84 bits per heavy atom. The minimum atomic E-state index is -0.377. The summed E-state index contributed by atoms with van der Waals surface area (Å²) in [5.74, 6) is 1.29. The molecule has 0 saturated carbocycles. The van der Waals surface area contributed by atoms with Crippen LogP contribution in [0.25, 0.3) is 6.08 Å². The number of ether oxygens (including phenoxy) is 4. The first kappa shape index (κ1) is 23.5. The van der Waals surface area contributed by atoms with Crippen LogP contribution in [0.3, 0.4) is 0 Å². The van der Waals surface area contributed by atoms with Gasteiger partial charge in [0, 0.05) is 23.2 Å². The fourth-order valence-electron chi connectivity index (χ4n) is 4.78. The van der Waals surface area contributed by atoms with Crippen molar-refractivity contribution < 1.29 is 28.5 Å². The lowest BCUT2D eigenvalue weighted by Crippen LogP contribution is -2.21. The summed E-state index contributed by atoms with van der Waals surface area (Å²) in [6, 6.07) is 23.9. The highest BCUT2D eigenvalue weighted by atomic mass is 16.5. The Morgan fingerprint density at radius 3 is 2.68 bits per heavy atom. The van der Waals surface area contributed by atoms with Gasteiger partial charge in [-0.3, -0.25) is 14.6 Å². The zero-order chi connectivity index (χ0) is 26.1. The van der Waals surface area contributed by atoms with E-state index in [4.69, 9.17) is 18.9 Å². The molecule has 2 aliphatic heterocycles. The van der Waals surface area contributed by atoms with E-state index in [-0.39, 0.29) is 29.9 Å². The number of rotatable bonds is 6. The number of Topliss-reactive ketones (excluding diaryl/α,β-unsaturated/α-hetero) is 1. The summed E-state index contributed by atoms with van der Waals surface area (Å²) in [4.78, 5) is 30.1. The molecule has 4 aromatic rings. The van der Waals surface area contributed by atoms with Crippen molar-refractivity contribution in [3.63, 3.8) is 0 Å². The van der Waals surface area contributed by atoms with Gasteiger partial charge in [-0.25, -0.2) is 0 Å². The van der Waals surface area contributed by atoms with Crippen molar-refractivity contribution in [2.45, 2.75) is 18.9 Å². The molecule has 1 atom stereocenters. The number of benzene rings is 3. The van der Waals surface area contributed by atoms with Crippen LogP contribution in [-0.4, -0.2) is 23.8 Å². The fourth-order valence-corrected chi connectivity index (χ4v) is 4.78. The quantitative estimate of drug-likeness (QED) is 0.188. The van der Waals surface area contributed by atoms with Crippen LogP contribution < -0.4 is 18.9 Å². The Labute approximate surface area is 219 Å². The molecular formula is C31H23NO6. The van der Waals surface area contributed by atoms with Crippen LogP contribution in [0.1, 0.15) is 45.1 Å². The van der Waals surface area contributed by atoms with Crippen LogP contribution in [0.2, 0.25) is 0 Å². The van der Waals surface area contributed by atoms with Crippen LogP contribution in [0.15, 0.2) is 90.8 Å². The van der Waals surface area contributed by atoms with Crippen LogP contribution in [0.5, 0.6) is 23.0 Å². The second-order valence-corrected chi connectivity index (χ2v) is 8.95. The Morgan fingerprint density at radius 1 is 0.974 bits per heavy atom. The molecule has 0 saturated heterocycles. The zero-order valence-corrected chi connectivity index (χ0v) is 20.5. The topological polar surface area (TPSA) is 83.9 Å². The highest BCUT2D eigenvalue weighted by molar-refractivity contribution is 6.15. The molecule has 6 rings (SSSR count). The third-order valence-electron chi connectivity index (χ3n) is 6.58. The maximum Gasteiger partial charge on any atom is 0.312 e. The molecule has 0 spiro atoms. The number of methoxy groups -OCH3 is 1. The number of hydrogen-bond acceptors (Lipinski definition) is 7. The number of carbonyl (C=O) groups is 2. The van der Waals surface area contributed by atoms with Crippen LogP contribution in [0.4, 0.5) is 0 Å². The number of aromatic nitrogens is 1. The average molecular weight is 506 g/mol. The summed E-state index contributed by atoms with van der Waals surface area (Å²) < 4.78 is 23.1. The number of nitrogens with zero attached hydrogens (tertiary/aromatic N) is 1. The first-order chi connectivity index (χ1) is 18.6. The van der Waals surface area contributed by atoms with E-state index >= 15 is 0 Å². The largest absolute Gasteiger partial charge is 0.496 e. The van der Waals surface area contributed by atoms with Gasteiger partial charge in [0.1, 0.15) is 29.6 Å². The third kappa shape index (κ3) is 4.39. The molecule has 0 amide bonds. The van der Waals surface area contributed by atoms with Crippen molar-refractivity contribution in [1.82, 2.24) is 4.98 Å². The highest BCUT2D eigenvalue weighted by Crippen LogP contribution is 2.49. The van der Waals surface area contributed by atoms with Gasteiger partial charge >= 0.3 is 5.97 Å². The second kappa shape index (κ2) is 9.86. The van der Waals surface area contributed by atoms with Gasteiger partial charge in [-0.15, -0.1) is 0 Å². The SMILES string of the molecule is COc1ccccc1/C=C1\Oc2c(ccc3c2C(c2cccc(OCc4ccccn4)c2)CC(=O)O3)C1=O. The van der Waals surface area contributed by atoms with E-state index in [0.29, 0.717) is 40.7 Å². The van der Waals surface area contributed by atoms with Crippen molar-refractivity contribution in [3.8, 4) is 23.0 Å². The van der Waals surface area contributed by atoms with Crippen molar-refractivity contribution in [2.75, 3.05) is 7.11 Å². The van der Waals surface area contributed by atoms with Crippen LogP contribution in [0, 0.1) is 0 Å². The molecule has 188 valence electrons. The van der Waals surface area contributed by atoms with Gasteiger partial charge < -0.3 is 18.9 Å². The lowest BCUT2D eigenvalue weighted by molar-refractivity contribution is -0.135. The van der Waals surface area contributed by atoms with E-state index in [1.807, 2.05) is 66.7 Å². The zero-order valence-electron chi connectivity index (χ0n) is 20.5. The van der Waals surface area contributed by atoms with Gasteiger partial charge in [-0.1, -0.05) is 36.4 Å². The lowest BCUT2D eigenvalue weighted by atomic mass is 9.84. The van der Waals surface area contributed by atoms with E-state index in [2.05, 4.69) is 4.98 Å². The lowest BCUT2D eigenvalue weighted by Gasteiger charge is -2.26. The molecule has 3 aromatic carbocycles. The Hall–Kier alpha value is -4.91. The molecule has 0 radical (unpaired) electrons. The van der Waals surface area contributed by atoms with Gasteiger partial charge in [0.2, 0.25) is 5.78 Å². The monoisotopic (exact) mass is 505 g/mol. The van der Waals surface area contributed by atoms with Gasteiger partial charge in [0.25, 0.3) is 0 Å². The number of esters is 1. The van der Waals surface area contributed by atoms with Crippen molar-refractivity contribution in [1.29, 1.82) is 0 Å². The first-order valence-corrected chi connectivity index (χ1v) is 12.2. The Bertz CT molecular complexity index is 1580. The summed E-state index contributed by atoms with van der Waals surface area (Å²) >= 11 is 0. The maximum absolute atomic E-state index is 13.3.